The minimum Gasteiger partial charge on any atom is -0.462 e. The molecule has 0 bridgehead atoms. The molecule has 0 aliphatic rings. The molecule has 3 unspecified atom stereocenters. The van der Waals surface area contributed by atoms with Gasteiger partial charge in [0.1, 0.15) is 19.3 Å². The molecule has 3 N–H and O–H groups in total. The van der Waals surface area contributed by atoms with Crippen LogP contribution in [0.3, 0.4) is 0 Å². The Morgan fingerprint density at radius 1 is 0.286 bits per heavy atom. The summed E-state index contributed by atoms with van der Waals surface area (Å²) < 4.78 is 68.6. The normalized spacial score (nSPS) is 14.3. The first-order chi connectivity index (χ1) is 47.1. The number of aliphatic hydroxyl groups excluding tert-OH is 1. The van der Waals surface area contributed by atoms with E-state index in [2.05, 4.69) is 55.4 Å². The Bertz CT molecular complexity index is 1920. The summed E-state index contributed by atoms with van der Waals surface area (Å²) in [5.41, 5.74) is 0. The molecule has 582 valence electrons. The highest BCUT2D eigenvalue weighted by molar-refractivity contribution is 7.47. The highest BCUT2D eigenvalue weighted by Crippen LogP contribution is 2.45. The zero-order valence-electron chi connectivity index (χ0n) is 64.4. The molecule has 0 rings (SSSR count). The Morgan fingerprint density at radius 3 is 0.724 bits per heavy atom. The lowest BCUT2D eigenvalue weighted by Gasteiger charge is -2.21. The summed E-state index contributed by atoms with van der Waals surface area (Å²) in [7, 11) is -9.92. The zero-order valence-corrected chi connectivity index (χ0v) is 66.2. The summed E-state index contributed by atoms with van der Waals surface area (Å²) in [6, 6.07) is 0. The van der Waals surface area contributed by atoms with Crippen molar-refractivity contribution in [2.75, 3.05) is 39.6 Å². The molecular weight excluding hydrogens is 1280 g/mol. The van der Waals surface area contributed by atoms with Crippen molar-refractivity contribution in [2.45, 2.75) is 420 Å². The summed E-state index contributed by atoms with van der Waals surface area (Å²) in [6.45, 7) is 14.2. The first kappa shape index (κ1) is 96.1. The van der Waals surface area contributed by atoms with E-state index in [4.69, 9.17) is 37.0 Å². The number of ether oxygens (including phenoxy) is 4. The number of carbonyl (C=O) groups excluding carboxylic acids is 4. The average molecular weight is 1440 g/mol. The van der Waals surface area contributed by atoms with Gasteiger partial charge in [-0.1, -0.05) is 351 Å². The molecule has 0 saturated heterocycles. The Labute approximate surface area is 600 Å². The van der Waals surface area contributed by atoms with Gasteiger partial charge in [-0.2, -0.15) is 0 Å². The van der Waals surface area contributed by atoms with Gasteiger partial charge in [0.05, 0.1) is 26.4 Å². The largest absolute Gasteiger partial charge is 0.472 e. The minimum absolute atomic E-state index is 0.105. The third kappa shape index (κ3) is 71.1. The molecule has 19 heteroatoms. The topological polar surface area (TPSA) is 237 Å². The molecule has 0 radical (unpaired) electrons. The number of phosphoric acid groups is 2. The summed E-state index contributed by atoms with van der Waals surface area (Å²) >= 11 is 0. The van der Waals surface area contributed by atoms with Crippen molar-refractivity contribution in [1.29, 1.82) is 0 Å². The maximum Gasteiger partial charge on any atom is 0.472 e. The lowest BCUT2D eigenvalue weighted by molar-refractivity contribution is -0.161. The van der Waals surface area contributed by atoms with E-state index in [0.29, 0.717) is 25.7 Å². The van der Waals surface area contributed by atoms with Gasteiger partial charge in [-0.25, -0.2) is 9.13 Å². The fraction of sp³-hybridized carbons (Fsp3) is 0.949. The molecule has 0 amide bonds. The highest BCUT2D eigenvalue weighted by atomic mass is 31.2. The predicted molar refractivity (Wildman–Crippen MR) is 400 cm³/mol. The molecule has 0 heterocycles. The molecular formula is C79H154O17P2. The number of hydrogen-bond donors (Lipinski definition) is 3. The van der Waals surface area contributed by atoms with E-state index in [1.165, 1.54) is 199 Å². The molecule has 0 aromatic rings. The maximum absolute atomic E-state index is 13.1. The van der Waals surface area contributed by atoms with Crippen LogP contribution in [0.4, 0.5) is 0 Å². The van der Waals surface area contributed by atoms with Crippen LogP contribution in [0.5, 0.6) is 0 Å². The number of hydrogen-bond acceptors (Lipinski definition) is 15. The minimum atomic E-state index is -4.96. The molecule has 6 atom stereocenters. The van der Waals surface area contributed by atoms with Crippen molar-refractivity contribution in [3.63, 3.8) is 0 Å². The van der Waals surface area contributed by atoms with Crippen LogP contribution in [-0.4, -0.2) is 96.7 Å². The van der Waals surface area contributed by atoms with E-state index in [1.807, 2.05) is 0 Å². The second-order valence-corrected chi connectivity index (χ2v) is 33.0. The predicted octanol–water partition coefficient (Wildman–Crippen LogP) is 23.2. The van der Waals surface area contributed by atoms with Gasteiger partial charge in [0.15, 0.2) is 12.2 Å². The number of phosphoric ester groups is 2. The van der Waals surface area contributed by atoms with Crippen LogP contribution in [0.15, 0.2) is 0 Å². The molecule has 0 aromatic carbocycles. The third-order valence-corrected chi connectivity index (χ3v) is 20.6. The van der Waals surface area contributed by atoms with E-state index < -0.39 is 97.5 Å². The van der Waals surface area contributed by atoms with Crippen molar-refractivity contribution in [3.8, 4) is 0 Å². The SMILES string of the molecule is CCC(C)CCCCCCCCC(=O)OC[C@H](COP(=O)(O)OC[C@H](O)COP(=O)(O)OC[C@@H](COC(=O)CCCCCCCCCCCCCCCCCCCCC(C)C)OC(=O)CCCCCCCCCCCC(C)C)OC(=O)CCCCCCCCCCCCCCC(C)C. The van der Waals surface area contributed by atoms with E-state index in [-0.39, 0.29) is 25.7 Å². The van der Waals surface area contributed by atoms with Crippen LogP contribution in [0.1, 0.15) is 402 Å². The number of rotatable bonds is 76. The Kier molecular flexibility index (Phi) is 66.8. The first-order valence-electron chi connectivity index (χ1n) is 40.7. The quantitative estimate of drug-likeness (QED) is 0.0222. The molecule has 98 heavy (non-hydrogen) atoms. The highest BCUT2D eigenvalue weighted by Gasteiger charge is 2.30. The number of esters is 4. The maximum atomic E-state index is 13.1. The van der Waals surface area contributed by atoms with Gasteiger partial charge in [0.25, 0.3) is 0 Å². The van der Waals surface area contributed by atoms with Crippen LogP contribution in [0.25, 0.3) is 0 Å². The molecule has 0 aromatic heterocycles. The first-order valence-corrected chi connectivity index (χ1v) is 43.7. The lowest BCUT2D eigenvalue weighted by Crippen LogP contribution is -2.30. The zero-order chi connectivity index (χ0) is 72.4. The standard InChI is InChI=1S/C79H154O17P2/c1-9-72(8)58-50-42-37-38-44-52-60-77(82)90-66-75(96-78(83)61-53-45-35-29-23-19-18-21-26-32-40-48-56-70(4)5)68-94-98(87,88)92-64-73(80)63-91-97(85,86)93-67-74(95-79(84)62-54-46-36-30-24-27-33-41-49-57-71(6)7)65-89-76(81)59-51-43-34-28-22-17-15-13-11-10-12-14-16-20-25-31-39-47-55-69(2)3/h69-75,80H,9-68H2,1-8H3,(H,85,86)(H,87,88)/t72?,73-,74-,75-/m1/s1. The number of unbranched alkanes of at least 4 members (excludes halogenated alkanes) is 41. The van der Waals surface area contributed by atoms with Gasteiger partial charge < -0.3 is 33.8 Å². The fourth-order valence-corrected chi connectivity index (χ4v) is 13.6. The Hall–Kier alpha value is -1.94. The summed E-state index contributed by atoms with van der Waals surface area (Å²) in [6.07, 6.45) is 54.3. The second kappa shape index (κ2) is 68.2. The fourth-order valence-electron chi connectivity index (χ4n) is 12.0. The Morgan fingerprint density at radius 2 is 0.490 bits per heavy atom. The van der Waals surface area contributed by atoms with E-state index in [1.54, 1.807) is 0 Å². The van der Waals surface area contributed by atoms with Crippen molar-refractivity contribution in [1.82, 2.24) is 0 Å². The smallest absolute Gasteiger partial charge is 0.462 e. The van der Waals surface area contributed by atoms with E-state index in [9.17, 15) is 43.2 Å². The number of carbonyl (C=O) groups is 4. The summed E-state index contributed by atoms with van der Waals surface area (Å²) in [4.78, 5) is 72.9. The summed E-state index contributed by atoms with van der Waals surface area (Å²) in [5, 5.41) is 10.6. The molecule has 0 aliphatic heterocycles. The van der Waals surface area contributed by atoms with Crippen molar-refractivity contribution in [3.05, 3.63) is 0 Å². The third-order valence-electron chi connectivity index (χ3n) is 18.7. The number of aliphatic hydroxyl groups is 1. The van der Waals surface area contributed by atoms with Crippen LogP contribution < -0.4 is 0 Å². The van der Waals surface area contributed by atoms with Crippen molar-refractivity contribution < 1.29 is 80.2 Å². The van der Waals surface area contributed by atoms with Gasteiger partial charge >= 0.3 is 39.5 Å². The van der Waals surface area contributed by atoms with Gasteiger partial charge in [0, 0.05) is 25.7 Å². The van der Waals surface area contributed by atoms with Crippen LogP contribution in [-0.2, 0) is 65.4 Å². The Balaban J connectivity index is 5.18. The van der Waals surface area contributed by atoms with Crippen molar-refractivity contribution in [2.24, 2.45) is 23.7 Å². The molecule has 0 fully saturated rings. The average Bonchev–Trinajstić information content (AvgIpc) is 0.982. The summed E-state index contributed by atoms with van der Waals surface area (Å²) in [5.74, 6) is 0.948. The van der Waals surface area contributed by atoms with Gasteiger partial charge in [-0.3, -0.25) is 37.3 Å². The lowest BCUT2D eigenvalue weighted by atomic mass is 10.00. The van der Waals surface area contributed by atoms with Crippen molar-refractivity contribution >= 4 is 39.5 Å². The molecule has 0 spiro atoms. The van der Waals surface area contributed by atoms with Crippen LogP contribution in [0, 0.1) is 23.7 Å². The van der Waals surface area contributed by atoms with Gasteiger partial charge in [0.2, 0.25) is 0 Å². The second-order valence-electron chi connectivity index (χ2n) is 30.1. The van der Waals surface area contributed by atoms with Crippen LogP contribution in [0.2, 0.25) is 0 Å². The van der Waals surface area contributed by atoms with Gasteiger partial charge in [-0.05, 0) is 49.4 Å². The van der Waals surface area contributed by atoms with E-state index >= 15 is 0 Å². The van der Waals surface area contributed by atoms with Gasteiger partial charge in [-0.15, -0.1) is 0 Å². The monoisotopic (exact) mass is 1440 g/mol. The van der Waals surface area contributed by atoms with Crippen LogP contribution >= 0.6 is 15.6 Å². The molecule has 0 aliphatic carbocycles. The molecule has 17 nitrogen and oxygen atoms in total. The van der Waals surface area contributed by atoms with E-state index in [0.717, 1.165) is 120 Å². The molecule has 0 saturated carbocycles.